The van der Waals surface area contributed by atoms with Gasteiger partial charge in [0, 0.05) is 26.1 Å². The van der Waals surface area contributed by atoms with Gasteiger partial charge >= 0.3 is 0 Å². The van der Waals surface area contributed by atoms with Crippen LogP contribution in [0.4, 0.5) is 5.69 Å². The molecule has 0 bridgehead atoms. The molecule has 5 rings (SSSR count). The van der Waals surface area contributed by atoms with E-state index >= 15 is 0 Å². The lowest BCUT2D eigenvalue weighted by molar-refractivity contribution is -0.131. The maximum absolute atomic E-state index is 13.1. The molecule has 0 radical (unpaired) electrons. The van der Waals surface area contributed by atoms with Gasteiger partial charge in [-0.1, -0.05) is 66.7 Å². The topological polar surface area (TPSA) is 74.2 Å². The fourth-order valence-corrected chi connectivity index (χ4v) is 4.56. The number of amides is 2. The summed E-state index contributed by atoms with van der Waals surface area (Å²) < 4.78 is 5.92. The van der Waals surface area contributed by atoms with Crippen molar-refractivity contribution in [2.75, 3.05) is 20.2 Å². The summed E-state index contributed by atoms with van der Waals surface area (Å²) in [6, 6.07) is 25.8. The number of nitrogens with zero attached hydrogens (tertiary/aromatic N) is 3. The maximum atomic E-state index is 13.1. The van der Waals surface area contributed by atoms with Gasteiger partial charge in [0.15, 0.2) is 0 Å². The number of hydrogen-bond acceptors (Lipinski definition) is 5. The van der Waals surface area contributed by atoms with Crippen LogP contribution < -0.4 is 10.1 Å². The van der Waals surface area contributed by atoms with Crippen LogP contribution in [0.3, 0.4) is 0 Å². The zero-order valence-corrected chi connectivity index (χ0v) is 19.7. The van der Waals surface area contributed by atoms with E-state index in [9.17, 15) is 9.59 Å². The molecule has 2 amide bonds. The molecule has 2 aliphatic rings. The van der Waals surface area contributed by atoms with E-state index in [1.165, 1.54) is 0 Å². The average Bonchev–Trinajstić information content (AvgIpc) is 3.25. The van der Waals surface area contributed by atoms with Gasteiger partial charge in [-0.05, 0) is 29.2 Å². The average molecular weight is 469 g/mol. The van der Waals surface area contributed by atoms with Crippen molar-refractivity contribution in [3.8, 4) is 5.75 Å². The highest BCUT2D eigenvalue weighted by Crippen LogP contribution is 2.31. The number of benzene rings is 3. The standard InChI is InChI=1S/C28H28N4O3/c1-31(27(20-9-4-2-5-10-20)21-11-6-3-7-12-21)26(34)13-8-16-35-23-15-14-22-18-32-19-25(33)30-28(32)29-24(22)17-23/h2-7,9-12,14-15,17,27H,8,13,16,18-19H2,1H3,(H,29,30,33). The van der Waals surface area contributed by atoms with Crippen molar-refractivity contribution in [2.24, 2.45) is 4.99 Å². The minimum absolute atomic E-state index is 0.0376. The summed E-state index contributed by atoms with van der Waals surface area (Å²) in [5, 5.41) is 2.78. The van der Waals surface area contributed by atoms with Crippen molar-refractivity contribution < 1.29 is 14.3 Å². The first kappa shape index (κ1) is 22.7. The van der Waals surface area contributed by atoms with E-state index in [1.54, 1.807) is 0 Å². The number of aliphatic imine (C=N–C) groups is 1. The summed E-state index contributed by atoms with van der Waals surface area (Å²) >= 11 is 0. The first-order valence-electron chi connectivity index (χ1n) is 11.8. The summed E-state index contributed by atoms with van der Waals surface area (Å²) in [6.45, 7) is 1.42. The Hall–Kier alpha value is -4.13. The summed E-state index contributed by atoms with van der Waals surface area (Å²) in [7, 11) is 1.86. The fourth-order valence-electron chi connectivity index (χ4n) is 4.56. The third-order valence-electron chi connectivity index (χ3n) is 6.34. The number of rotatable bonds is 8. The highest BCUT2D eigenvalue weighted by atomic mass is 16.5. The summed E-state index contributed by atoms with van der Waals surface area (Å²) in [6.07, 6.45) is 0.996. The van der Waals surface area contributed by atoms with Gasteiger partial charge in [0.1, 0.15) is 12.3 Å². The van der Waals surface area contributed by atoms with E-state index in [0.717, 1.165) is 22.4 Å². The molecule has 3 aromatic carbocycles. The molecule has 3 aromatic rings. The van der Waals surface area contributed by atoms with Gasteiger partial charge in [0.2, 0.25) is 17.8 Å². The molecule has 1 saturated heterocycles. The molecule has 1 fully saturated rings. The molecule has 0 unspecified atom stereocenters. The number of carbonyl (C=O) groups excluding carboxylic acids is 2. The highest BCUT2D eigenvalue weighted by molar-refractivity contribution is 6.05. The van der Waals surface area contributed by atoms with Crippen molar-refractivity contribution in [3.63, 3.8) is 0 Å². The van der Waals surface area contributed by atoms with E-state index in [2.05, 4.69) is 34.6 Å². The third kappa shape index (κ3) is 5.04. The van der Waals surface area contributed by atoms with Crippen molar-refractivity contribution in [2.45, 2.75) is 25.4 Å². The molecule has 178 valence electrons. The number of carbonyl (C=O) groups is 2. The number of ether oxygens (including phenoxy) is 1. The zero-order chi connectivity index (χ0) is 24.2. The summed E-state index contributed by atoms with van der Waals surface area (Å²) in [5.74, 6) is 1.34. The van der Waals surface area contributed by atoms with Crippen LogP contribution in [0.5, 0.6) is 5.75 Å². The predicted molar refractivity (Wildman–Crippen MR) is 134 cm³/mol. The van der Waals surface area contributed by atoms with E-state index in [1.807, 2.05) is 71.4 Å². The maximum Gasteiger partial charge on any atom is 0.246 e. The lowest BCUT2D eigenvalue weighted by Gasteiger charge is -2.29. The Morgan fingerprint density at radius 1 is 1.03 bits per heavy atom. The lowest BCUT2D eigenvalue weighted by Crippen LogP contribution is -2.32. The molecular weight excluding hydrogens is 440 g/mol. The SMILES string of the molecule is CN(C(=O)CCCOc1ccc2c(c1)N=C1NC(=O)CN1C2)C(c1ccccc1)c1ccccc1. The summed E-state index contributed by atoms with van der Waals surface area (Å²) in [5.41, 5.74) is 4.03. The van der Waals surface area contributed by atoms with Gasteiger partial charge in [-0.3, -0.25) is 14.9 Å². The molecule has 7 heteroatoms. The van der Waals surface area contributed by atoms with Crippen LogP contribution in [0.2, 0.25) is 0 Å². The zero-order valence-electron chi connectivity index (χ0n) is 19.7. The molecule has 2 heterocycles. The van der Waals surface area contributed by atoms with E-state index in [4.69, 9.17) is 4.74 Å². The van der Waals surface area contributed by atoms with E-state index in [0.29, 0.717) is 44.2 Å². The predicted octanol–water partition coefficient (Wildman–Crippen LogP) is 4.03. The summed E-state index contributed by atoms with van der Waals surface area (Å²) in [4.78, 5) is 33.0. The van der Waals surface area contributed by atoms with E-state index in [-0.39, 0.29) is 17.9 Å². The molecular formula is C28H28N4O3. The van der Waals surface area contributed by atoms with Gasteiger partial charge in [0.05, 0.1) is 18.3 Å². The second-order valence-corrected chi connectivity index (χ2v) is 8.81. The largest absolute Gasteiger partial charge is 0.494 e. The van der Waals surface area contributed by atoms with Crippen molar-refractivity contribution in [1.29, 1.82) is 0 Å². The van der Waals surface area contributed by atoms with Crippen LogP contribution >= 0.6 is 0 Å². The van der Waals surface area contributed by atoms with Gasteiger partial charge in [0.25, 0.3) is 0 Å². The van der Waals surface area contributed by atoms with Crippen LogP contribution in [0, 0.1) is 0 Å². The van der Waals surface area contributed by atoms with Gasteiger partial charge < -0.3 is 14.5 Å². The number of hydrogen-bond donors (Lipinski definition) is 1. The monoisotopic (exact) mass is 468 g/mol. The van der Waals surface area contributed by atoms with Crippen LogP contribution in [0.15, 0.2) is 83.9 Å². The van der Waals surface area contributed by atoms with Crippen molar-refractivity contribution in [3.05, 3.63) is 95.6 Å². The Balaban J connectivity index is 1.18. The first-order valence-corrected chi connectivity index (χ1v) is 11.8. The Labute approximate surface area is 205 Å². The van der Waals surface area contributed by atoms with Crippen LogP contribution in [-0.4, -0.2) is 47.8 Å². The molecule has 7 nitrogen and oxygen atoms in total. The second-order valence-electron chi connectivity index (χ2n) is 8.81. The highest BCUT2D eigenvalue weighted by Gasteiger charge is 2.29. The molecule has 0 atom stereocenters. The molecule has 2 aliphatic heterocycles. The van der Waals surface area contributed by atoms with Crippen LogP contribution in [0.25, 0.3) is 0 Å². The Kier molecular flexibility index (Phi) is 6.48. The minimum atomic E-state index is -0.138. The van der Waals surface area contributed by atoms with Gasteiger partial charge in [-0.2, -0.15) is 0 Å². The number of fused-ring (bicyclic) bond motifs is 2. The van der Waals surface area contributed by atoms with Crippen molar-refractivity contribution in [1.82, 2.24) is 15.1 Å². The number of nitrogens with one attached hydrogen (secondary N) is 1. The number of guanidine groups is 1. The molecule has 0 spiro atoms. The normalized spacial score (nSPS) is 14.2. The fraction of sp³-hybridized carbons (Fsp3) is 0.250. The Morgan fingerprint density at radius 2 is 1.71 bits per heavy atom. The first-order chi connectivity index (χ1) is 17.1. The van der Waals surface area contributed by atoms with Gasteiger partial charge in [-0.25, -0.2) is 4.99 Å². The van der Waals surface area contributed by atoms with Crippen LogP contribution in [0.1, 0.15) is 35.6 Å². The Bertz CT molecular complexity index is 1200. The lowest BCUT2D eigenvalue weighted by atomic mass is 9.97. The molecule has 1 N–H and O–H groups in total. The smallest absolute Gasteiger partial charge is 0.246 e. The van der Waals surface area contributed by atoms with Gasteiger partial charge in [-0.15, -0.1) is 0 Å². The quantitative estimate of drug-likeness (QED) is 0.507. The van der Waals surface area contributed by atoms with Crippen LogP contribution in [-0.2, 0) is 16.1 Å². The minimum Gasteiger partial charge on any atom is -0.494 e. The molecule has 35 heavy (non-hydrogen) atoms. The third-order valence-corrected chi connectivity index (χ3v) is 6.34. The second kappa shape index (κ2) is 10.0. The molecule has 0 saturated carbocycles. The Morgan fingerprint density at radius 3 is 2.40 bits per heavy atom. The molecule has 0 aliphatic carbocycles. The molecule has 0 aromatic heterocycles. The van der Waals surface area contributed by atoms with Crippen molar-refractivity contribution >= 4 is 23.5 Å². The van der Waals surface area contributed by atoms with E-state index < -0.39 is 0 Å².